The molecule has 0 aliphatic carbocycles. The molecular formula is C18H12N4O2S. The summed E-state index contributed by atoms with van der Waals surface area (Å²) in [6.07, 6.45) is 1.48. The molecule has 0 spiro atoms. The Balaban J connectivity index is 1.55. The predicted molar refractivity (Wildman–Crippen MR) is 93.0 cm³/mol. The van der Waals surface area contributed by atoms with Gasteiger partial charge in [0, 0.05) is 0 Å². The van der Waals surface area contributed by atoms with E-state index in [1.165, 1.54) is 17.6 Å². The molecule has 0 aliphatic rings. The van der Waals surface area contributed by atoms with Gasteiger partial charge in [-0.2, -0.15) is 5.26 Å². The minimum absolute atomic E-state index is 0.0180. The minimum Gasteiger partial charge on any atom is -0.444 e. The van der Waals surface area contributed by atoms with Crippen molar-refractivity contribution in [3.05, 3.63) is 59.6 Å². The van der Waals surface area contributed by atoms with Crippen LogP contribution in [0.4, 0.5) is 0 Å². The number of para-hydroxylation sites is 2. The first-order valence-corrected chi connectivity index (χ1v) is 8.48. The van der Waals surface area contributed by atoms with Crippen LogP contribution in [0.2, 0.25) is 0 Å². The quantitative estimate of drug-likeness (QED) is 0.593. The summed E-state index contributed by atoms with van der Waals surface area (Å²) < 4.78 is 5.42. The van der Waals surface area contributed by atoms with Crippen LogP contribution in [0.15, 0.2) is 52.5 Å². The fourth-order valence-corrected chi connectivity index (χ4v) is 3.23. The highest BCUT2D eigenvalue weighted by molar-refractivity contribution is 7.13. The maximum absolute atomic E-state index is 12.6. The Hall–Kier alpha value is -3.24. The van der Waals surface area contributed by atoms with Crippen molar-refractivity contribution >= 4 is 28.2 Å². The number of hydrogen-bond acceptors (Lipinski definition) is 6. The molecule has 0 fully saturated rings. The van der Waals surface area contributed by atoms with E-state index in [1.54, 1.807) is 0 Å². The van der Waals surface area contributed by atoms with Gasteiger partial charge in [0.25, 0.3) is 0 Å². The normalized spacial score (nSPS) is 12.1. The van der Waals surface area contributed by atoms with Gasteiger partial charge in [0.1, 0.15) is 12.1 Å². The third kappa shape index (κ3) is 2.95. The molecule has 1 unspecified atom stereocenters. The minimum atomic E-state index is -0.964. The SMILES string of the molecule is N#CC(C(=O)Cc1coc(-c2cccs2)n1)c1nc2ccccc2[nH]1. The van der Waals surface area contributed by atoms with Gasteiger partial charge in [-0.15, -0.1) is 11.3 Å². The molecule has 122 valence electrons. The van der Waals surface area contributed by atoms with E-state index in [0.29, 0.717) is 17.4 Å². The number of rotatable bonds is 5. The van der Waals surface area contributed by atoms with E-state index >= 15 is 0 Å². The molecule has 0 saturated carbocycles. The van der Waals surface area contributed by atoms with Crippen LogP contribution < -0.4 is 0 Å². The summed E-state index contributed by atoms with van der Waals surface area (Å²) >= 11 is 1.51. The van der Waals surface area contributed by atoms with Gasteiger partial charge in [0.2, 0.25) is 5.89 Å². The zero-order chi connectivity index (χ0) is 17.2. The lowest BCUT2D eigenvalue weighted by atomic mass is 10.0. The highest BCUT2D eigenvalue weighted by Gasteiger charge is 2.25. The first-order valence-electron chi connectivity index (χ1n) is 7.60. The van der Waals surface area contributed by atoms with Crippen molar-refractivity contribution in [3.8, 4) is 16.8 Å². The van der Waals surface area contributed by atoms with Crippen LogP contribution >= 0.6 is 11.3 Å². The summed E-state index contributed by atoms with van der Waals surface area (Å²) in [6.45, 7) is 0. The molecule has 1 atom stereocenters. The molecule has 25 heavy (non-hydrogen) atoms. The number of nitriles is 1. The van der Waals surface area contributed by atoms with Gasteiger partial charge in [-0.25, -0.2) is 9.97 Å². The van der Waals surface area contributed by atoms with Gasteiger partial charge in [-0.3, -0.25) is 4.79 Å². The molecule has 0 saturated heterocycles. The average Bonchev–Trinajstić information content (AvgIpc) is 3.35. The molecule has 3 heterocycles. The summed E-state index contributed by atoms with van der Waals surface area (Å²) in [5, 5.41) is 11.4. The average molecular weight is 348 g/mol. The lowest BCUT2D eigenvalue weighted by Gasteiger charge is -2.03. The molecule has 0 amide bonds. The number of aromatic nitrogens is 3. The highest BCUT2D eigenvalue weighted by atomic mass is 32.1. The van der Waals surface area contributed by atoms with Crippen molar-refractivity contribution in [3.63, 3.8) is 0 Å². The summed E-state index contributed by atoms with van der Waals surface area (Å²) in [5.74, 6) is -0.396. The Morgan fingerprint density at radius 1 is 1.28 bits per heavy atom. The summed E-state index contributed by atoms with van der Waals surface area (Å²) in [7, 11) is 0. The number of H-pyrrole nitrogens is 1. The zero-order valence-corrected chi connectivity index (χ0v) is 13.8. The monoisotopic (exact) mass is 348 g/mol. The second-order valence-electron chi connectivity index (χ2n) is 5.47. The number of Topliss-reactive ketones (excluding diaryl/α,β-unsaturated/α-hetero) is 1. The Kier molecular flexibility index (Phi) is 3.88. The maximum atomic E-state index is 12.6. The molecule has 4 rings (SSSR count). The van der Waals surface area contributed by atoms with Crippen LogP contribution in [0.3, 0.4) is 0 Å². The number of thiophene rings is 1. The van der Waals surface area contributed by atoms with Crippen LogP contribution in [0.5, 0.6) is 0 Å². The number of fused-ring (bicyclic) bond motifs is 1. The van der Waals surface area contributed by atoms with Crippen LogP contribution in [0, 0.1) is 11.3 Å². The fourth-order valence-electron chi connectivity index (χ4n) is 2.58. The first-order chi connectivity index (χ1) is 12.2. The number of benzene rings is 1. The number of ketones is 1. The highest BCUT2D eigenvalue weighted by Crippen LogP contribution is 2.25. The molecule has 6 nitrogen and oxygen atoms in total. The number of carbonyl (C=O) groups excluding carboxylic acids is 1. The van der Waals surface area contributed by atoms with E-state index in [4.69, 9.17) is 4.42 Å². The van der Waals surface area contributed by atoms with Crippen LogP contribution in [-0.4, -0.2) is 20.7 Å². The molecule has 1 N–H and O–H groups in total. The number of hydrogen-bond donors (Lipinski definition) is 1. The van der Waals surface area contributed by atoms with Gasteiger partial charge >= 0.3 is 0 Å². The Morgan fingerprint density at radius 2 is 2.16 bits per heavy atom. The lowest BCUT2D eigenvalue weighted by molar-refractivity contribution is -0.118. The number of carbonyl (C=O) groups is 1. The summed E-state index contributed by atoms with van der Waals surface area (Å²) in [5.41, 5.74) is 2.03. The molecular weight excluding hydrogens is 336 g/mol. The number of nitrogens with zero attached hydrogens (tertiary/aromatic N) is 3. The number of aromatic amines is 1. The van der Waals surface area contributed by atoms with Crippen molar-refractivity contribution in [1.29, 1.82) is 5.26 Å². The molecule has 0 radical (unpaired) electrons. The smallest absolute Gasteiger partial charge is 0.236 e. The second kappa shape index (κ2) is 6.34. The van der Waals surface area contributed by atoms with Crippen molar-refractivity contribution in [2.24, 2.45) is 0 Å². The molecule has 0 bridgehead atoms. The van der Waals surface area contributed by atoms with E-state index < -0.39 is 5.92 Å². The molecule has 0 aliphatic heterocycles. The number of nitrogens with one attached hydrogen (secondary N) is 1. The summed E-state index contributed by atoms with van der Waals surface area (Å²) in [6, 6.07) is 13.3. The van der Waals surface area contributed by atoms with E-state index in [2.05, 4.69) is 15.0 Å². The van der Waals surface area contributed by atoms with Crippen molar-refractivity contribution in [2.75, 3.05) is 0 Å². The summed E-state index contributed by atoms with van der Waals surface area (Å²) in [4.78, 5) is 25.2. The Morgan fingerprint density at radius 3 is 2.92 bits per heavy atom. The largest absolute Gasteiger partial charge is 0.444 e. The van der Waals surface area contributed by atoms with Crippen molar-refractivity contribution in [2.45, 2.75) is 12.3 Å². The molecule has 1 aromatic carbocycles. The number of oxazole rings is 1. The second-order valence-corrected chi connectivity index (χ2v) is 6.41. The van der Waals surface area contributed by atoms with Crippen LogP contribution in [0.25, 0.3) is 21.8 Å². The molecule has 3 aromatic heterocycles. The predicted octanol–water partition coefficient (Wildman–Crippen LogP) is 3.70. The Bertz CT molecular complexity index is 1040. The van der Waals surface area contributed by atoms with E-state index in [9.17, 15) is 10.1 Å². The molecule has 4 aromatic rings. The van der Waals surface area contributed by atoms with Crippen LogP contribution in [-0.2, 0) is 11.2 Å². The van der Waals surface area contributed by atoms with Gasteiger partial charge < -0.3 is 9.40 Å². The Labute approximate surface area is 146 Å². The van der Waals surface area contributed by atoms with Gasteiger partial charge in [-0.1, -0.05) is 18.2 Å². The third-order valence-electron chi connectivity index (χ3n) is 3.77. The maximum Gasteiger partial charge on any atom is 0.236 e. The third-order valence-corrected chi connectivity index (χ3v) is 4.63. The first kappa shape index (κ1) is 15.3. The van der Waals surface area contributed by atoms with Crippen molar-refractivity contribution in [1.82, 2.24) is 15.0 Å². The van der Waals surface area contributed by atoms with Gasteiger partial charge in [0.15, 0.2) is 11.7 Å². The van der Waals surface area contributed by atoms with E-state index in [1.807, 2.05) is 47.8 Å². The van der Waals surface area contributed by atoms with E-state index in [-0.39, 0.29) is 12.2 Å². The van der Waals surface area contributed by atoms with Crippen LogP contribution in [0.1, 0.15) is 17.4 Å². The van der Waals surface area contributed by atoms with E-state index in [0.717, 1.165) is 15.9 Å². The standard InChI is InChI=1S/C18H12N4O2S/c19-9-12(17-21-13-4-1-2-5-14(13)22-17)15(23)8-11-10-24-18(20-11)16-6-3-7-25-16/h1-7,10,12H,8H2,(H,21,22). The van der Waals surface area contributed by atoms with Gasteiger partial charge in [0.05, 0.1) is 34.1 Å². The fraction of sp³-hybridized carbons (Fsp3) is 0.111. The lowest BCUT2D eigenvalue weighted by Crippen LogP contribution is -2.15. The molecule has 7 heteroatoms. The topological polar surface area (TPSA) is 95.6 Å². The number of imidazole rings is 1. The zero-order valence-electron chi connectivity index (χ0n) is 13.0. The van der Waals surface area contributed by atoms with Gasteiger partial charge in [-0.05, 0) is 23.6 Å². The van der Waals surface area contributed by atoms with Crippen molar-refractivity contribution < 1.29 is 9.21 Å².